The largest absolute Gasteiger partial charge is 0.494 e. The number of unbranched alkanes of at least 4 members (excludes halogenated alkanes) is 3. The summed E-state index contributed by atoms with van der Waals surface area (Å²) >= 11 is 0. The molecule has 0 amide bonds. The molecule has 1 aromatic rings. The minimum atomic E-state index is -0.256. The maximum Gasteiger partial charge on any atom is 0.338 e. The van der Waals surface area contributed by atoms with E-state index >= 15 is 0 Å². The van der Waals surface area contributed by atoms with Crippen molar-refractivity contribution in [3.63, 3.8) is 0 Å². The maximum absolute atomic E-state index is 12.2. The van der Waals surface area contributed by atoms with E-state index < -0.39 is 0 Å². The Kier molecular flexibility index (Phi) is 7.99. The van der Waals surface area contributed by atoms with Crippen molar-refractivity contribution < 1.29 is 18.8 Å². The lowest BCUT2D eigenvalue weighted by atomic mass is 10.2. The van der Waals surface area contributed by atoms with Crippen molar-refractivity contribution in [3.8, 4) is 5.75 Å². The van der Waals surface area contributed by atoms with Gasteiger partial charge in [-0.3, -0.25) is 0 Å². The van der Waals surface area contributed by atoms with Gasteiger partial charge in [0.1, 0.15) is 18.9 Å². The number of esters is 1. The van der Waals surface area contributed by atoms with Crippen LogP contribution in [0.15, 0.2) is 36.4 Å². The first-order valence-corrected chi connectivity index (χ1v) is 9.51. The van der Waals surface area contributed by atoms with Gasteiger partial charge in [0.05, 0.1) is 32.3 Å². The second kappa shape index (κ2) is 10.2. The predicted molar refractivity (Wildman–Crippen MR) is 101 cm³/mol. The van der Waals surface area contributed by atoms with E-state index in [0.29, 0.717) is 12.2 Å². The monoisotopic (exact) mass is 346 g/mol. The first-order chi connectivity index (χ1) is 12.1. The molecule has 0 N–H and O–H groups in total. The Bertz CT molecular complexity index is 553. The van der Waals surface area contributed by atoms with Crippen LogP contribution in [-0.2, 0) is 4.74 Å². The SMILES string of the molecule is CCCCCCOc1ccc(C(=O)OCC[N+]2(C)CC=CCC2)cc1. The summed E-state index contributed by atoms with van der Waals surface area (Å²) in [5.41, 5.74) is 0.583. The van der Waals surface area contributed by atoms with Crippen LogP contribution >= 0.6 is 0 Å². The lowest BCUT2D eigenvalue weighted by molar-refractivity contribution is -0.905. The molecule has 4 nitrogen and oxygen atoms in total. The van der Waals surface area contributed by atoms with Crippen molar-refractivity contribution in [1.29, 1.82) is 0 Å². The topological polar surface area (TPSA) is 35.5 Å². The van der Waals surface area contributed by atoms with Crippen molar-refractivity contribution in [2.75, 3.05) is 39.9 Å². The van der Waals surface area contributed by atoms with Crippen molar-refractivity contribution in [2.24, 2.45) is 0 Å². The molecule has 0 saturated heterocycles. The van der Waals surface area contributed by atoms with Gasteiger partial charge in [-0.1, -0.05) is 32.3 Å². The fourth-order valence-electron chi connectivity index (χ4n) is 2.98. The highest BCUT2D eigenvalue weighted by Crippen LogP contribution is 2.15. The van der Waals surface area contributed by atoms with Crippen molar-refractivity contribution in [2.45, 2.75) is 39.0 Å². The van der Waals surface area contributed by atoms with Crippen LogP contribution in [0.1, 0.15) is 49.4 Å². The lowest BCUT2D eigenvalue weighted by Gasteiger charge is -2.35. The molecule has 0 aliphatic carbocycles. The van der Waals surface area contributed by atoms with Crippen LogP contribution in [-0.4, -0.2) is 50.3 Å². The van der Waals surface area contributed by atoms with Gasteiger partial charge in [-0.15, -0.1) is 0 Å². The van der Waals surface area contributed by atoms with Gasteiger partial charge in [0.15, 0.2) is 0 Å². The second-order valence-corrected chi connectivity index (χ2v) is 7.08. The highest BCUT2D eigenvalue weighted by atomic mass is 16.5. The third-order valence-electron chi connectivity index (χ3n) is 4.77. The number of quaternary nitrogens is 1. The second-order valence-electron chi connectivity index (χ2n) is 7.08. The van der Waals surface area contributed by atoms with Crippen molar-refractivity contribution in [1.82, 2.24) is 0 Å². The summed E-state index contributed by atoms with van der Waals surface area (Å²) in [6, 6.07) is 7.26. The molecule has 0 radical (unpaired) electrons. The van der Waals surface area contributed by atoms with E-state index in [-0.39, 0.29) is 5.97 Å². The Morgan fingerprint density at radius 3 is 2.56 bits per heavy atom. The summed E-state index contributed by atoms with van der Waals surface area (Å²) in [5, 5.41) is 0. The average Bonchev–Trinajstić information content (AvgIpc) is 2.62. The highest BCUT2D eigenvalue weighted by molar-refractivity contribution is 5.89. The Labute approximate surface area is 152 Å². The number of hydrogen-bond acceptors (Lipinski definition) is 3. The zero-order valence-electron chi connectivity index (χ0n) is 15.7. The van der Waals surface area contributed by atoms with Gasteiger partial charge in [0, 0.05) is 6.42 Å². The number of hydrogen-bond donors (Lipinski definition) is 0. The maximum atomic E-state index is 12.2. The number of carbonyl (C=O) groups is 1. The molecule has 2 rings (SSSR count). The fraction of sp³-hybridized carbons (Fsp3) is 0.571. The van der Waals surface area contributed by atoms with E-state index in [1.807, 2.05) is 12.1 Å². The molecule has 1 atom stereocenters. The third-order valence-corrected chi connectivity index (χ3v) is 4.77. The van der Waals surface area contributed by atoms with Crippen LogP contribution in [0.25, 0.3) is 0 Å². The summed E-state index contributed by atoms with van der Waals surface area (Å²) in [5.74, 6) is 0.555. The van der Waals surface area contributed by atoms with Crippen LogP contribution in [0, 0.1) is 0 Å². The van der Waals surface area contributed by atoms with Crippen LogP contribution in [0.4, 0.5) is 0 Å². The molecule has 1 aliphatic heterocycles. The molecule has 1 aliphatic rings. The van der Waals surface area contributed by atoms with Gasteiger partial charge >= 0.3 is 5.97 Å². The molecule has 25 heavy (non-hydrogen) atoms. The van der Waals surface area contributed by atoms with Crippen molar-refractivity contribution in [3.05, 3.63) is 42.0 Å². The van der Waals surface area contributed by atoms with E-state index in [1.165, 1.54) is 19.3 Å². The number of ether oxygens (including phenoxy) is 2. The lowest BCUT2D eigenvalue weighted by Crippen LogP contribution is -2.48. The Hall–Kier alpha value is -1.81. The molecule has 138 valence electrons. The van der Waals surface area contributed by atoms with Gasteiger partial charge in [-0.25, -0.2) is 4.79 Å². The van der Waals surface area contributed by atoms with E-state index in [0.717, 1.165) is 49.3 Å². The molecule has 0 spiro atoms. The Morgan fingerprint density at radius 2 is 1.88 bits per heavy atom. The molecule has 0 aromatic heterocycles. The first-order valence-electron chi connectivity index (χ1n) is 9.51. The van der Waals surface area contributed by atoms with E-state index in [4.69, 9.17) is 9.47 Å². The molecule has 0 fully saturated rings. The minimum Gasteiger partial charge on any atom is -0.494 e. The smallest absolute Gasteiger partial charge is 0.338 e. The molecule has 1 unspecified atom stereocenters. The van der Waals surface area contributed by atoms with E-state index in [9.17, 15) is 4.79 Å². The van der Waals surface area contributed by atoms with Gasteiger partial charge in [0.2, 0.25) is 0 Å². The molecule has 0 saturated carbocycles. The number of nitrogens with zero attached hydrogens (tertiary/aromatic N) is 1. The van der Waals surface area contributed by atoms with E-state index in [2.05, 4.69) is 26.1 Å². The quantitative estimate of drug-likeness (QED) is 0.275. The first kappa shape index (κ1) is 19.5. The van der Waals surface area contributed by atoms with Gasteiger partial charge in [-0.05, 0) is 36.8 Å². The van der Waals surface area contributed by atoms with Crippen LogP contribution in [0.5, 0.6) is 5.75 Å². The molecular formula is C21H32NO3+. The molecule has 1 aromatic carbocycles. The van der Waals surface area contributed by atoms with Crippen LogP contribution < -0.4 is 4.74 Å². The average molecular weight is 346 g/mol. The molecule has 1 heterocycles. The number of benzene rings is 1. The fourth-order valence-corrected chi connectivity index (χ4v) is 2.98. The van der Waals surface area contributed by atoms with Gasteiger partial charge in [-0.2, -0.15) is 0 Å². The number of likely N-dealkylation sites (N-methyl/N-ethyl adjacent to an activating group) is 1. The molecule has 4 heteroatoms. The predicted octanol–water partition coefficient (Wildman–Crippen LogP) is 4.21. The standard InChI is InChI=1S/C21H32NO3/c1-3-4-5-9-17-24-20-12-10-19(11-13-20)21(23)25-18-16-22(2)14-7-6-8-15-22/h6-7,10-13H,3-5,8-9,14-18H2,1-2H3/q+1. The highest BCUT2D eigenvalue weighted by Gasteiger charge is 2.22. The van der Waals surface area contributed by atoms with E-state index in [1.54, 1.807) is 12.1 Å². The summed E-state index contributed by atoms with van der Waals surface area (Å²) in [6.45, 7) is 6.37. The van der Waals surface area contributed by atoms with Crippen LogP contribution in [0.2, 0.25) is 0 Å². The van der Waals surface area contributed by atoms with Crippen molar-refractivity contribution >= 4 is 5.97 Å². The Balaban J connectivity index is 1.70. The van der Waals surface area contributed by atoms with Gasteiger partial charge in [0.25, 0.3) is 0 Å². The Morgan fingerprint density at radius 1 is 1.08 bits per heavy atom. The zero-order valence-corrected chi connectivity index (χ0v) is 15.7. The summed E-state index contributed by atoms with van der Waals surface area (Å²) in [7, 11) is 2.21. The zero-order chi connectivity index (χ0) is 18.0. The molecular weight excluding hydrogens is 314 g/mol. The van der Waals surface area contributed by atoms with Gasteiger partial charge < -0.3 is 14.0 Å². The summed E-state index contributed by atoms with van der Waals surface area (Å²) < 4.78 is 12.1. The third kappa shape index (κ3) is 6.91. The number of rotatable bonds is 10. The van der Waals surface area contributed by atoms with Crippen LogP contribution in [0.3, 0.4) is 0 Å². The minimum absolute atomic E-state index is 0.256. The normalized spacial score (nSPS) is 19.6. The summed E-state index contributed by atoms with van der Waals surface area (Å²) in [6.07, 6.45) is 10.3. The summed E-state index contributed by atoms with van der Waals surface area (Å²) in [4.78, 5) is 12.2. The molecule has 0 bridgehead atoms. The number of carbonyl (C=O) groups excluding carboxylic acids is 1.